The summed E-state index contributed by atoms with van der Waals surface area (Å²) in [5.74, 6) is -0.929. The average molecular weight is 397 g/mol. The number of amides is 1. The van der Waals surface area contributed by atoms with Crippen molar-refractivity contribution in [2.45, 2.75) is 26.2 Å². The summed E-state index contributed by atoms with van der Waals surface area (Å²) in [5, 5.41) is 12.5. The second kappa shape index (κ2) is 10.9. The summed E-state index contributed by atoms with van der Waals surface area (Å²) in [7, 11) is 0. The number of hydrogen-bond acceptors (Lipinski definition) is 4. The van der Waals surface area contributed by atoms with Gasteiger partial charge >= 0.3 is 5.97 Å². The third-order valence-corrected chi connectivity index (χ3v) is 4.16. The summed E-state index contributed by atoms with van der Waals surface area (Å²) < 4.78 is 5.19. The fourth-order valence-corrected chi connectivity index (χ4v) is 2.49. The Morgan fingerprint density at radius 2 is 1.79 bits per heavy atom. The molecule has 0 aromatic heterocycles. The Kier molecular flexibility index (Phi) is 8.26. The van der Waals surface area contributed by atoms with Gasteiger partial charge < -0.3 is 10.1 Å². The van der Waals surface area contributed by atoms with Crippen molar-refractivity contribution in [2.75, 3.05) is 11.9 Å². The molecule has 2 aromatic rings. The molecule has 6 heteroatoms. The Morgan fingerprint density at radius 3 is 2.39 bits per heavy atom. The molecular formula is C22H21ClN2O3. The van der Waals surface area contributed by atoms with Crippen LogP contribution < -0.4 is 5.32 Å². The molecule has 0 aliphatic heterocycles. The van der Waals surface area contributed by atoms with Gasteiger partial charge in [-0.25, -0.2) is 4.79 Å². The largest absolute Gasteiger partial charge is 0.462 e. The number of carbonyl (C=O) groups excluding carboxylic acids is 2. The van der Waals surface area contributed by atoms with Crippen LogP contribution in [-0.2, 0) is 9.53 Å². The van der Waals surface area contributed by atoms with Gasteiger partial charge in [0.05, 0.1) is 12.2 Å². The van der Waals surface area contributed by atoms with Gasteiger partial charge in [0.1, 0.15) is 11.6 Å². The van der Waals surface area contributed by atoms with Crippen LogP contribution in [0.4, 0.5) is 5.69 Å². The first-order valence-electron chi connectivity index (χ1n) is 8.99. The molecule has 144 valence electrons. The number of benzene rings is 2. The smallest absolute Gasteiger partial charge is 0.338 e. The van der Waals surface area contributed by atoms with Crippen molar-refractivity contribution in [1.82, 2.24) is 0 Å². The number of ether oxygens (including phenoxy) is 1. The Morgan fingerprint density at radius 1 is 1.11 bits per heavy atom. The zero-order valence-electron chi connectivity index (χ0n) is 15.6. The van der Waals surface area contributed by atoms with E-state index < -0.39 is 11.9 Å². The van der Waals surface area contributed by atoms with E-state index in [2.05, 4.69) is 12.2 Å². The highest BCUT2D eigenvalue weighted by molar-refractivity contribution is 6.30. The summed E-state index contributed by atoms with van der Waals surface area (Å²) in [6.07, 6.45) is 4.40. The van der Waals surface area contributed by atoms with Gasteiger partial charge in [0.2, 0.25) is 0 Å². The van der Waals surface area contributed by atoms with Crippen LogP contribution in [0.15, 0.2) is 54.1 Å². The van der Waals surface area contributed by atoms with Gasteiger partial charge in [0.25, 0.3) is 5.91 Å². The molecule has 0 unspecified atom stereocenters. The molecule has 0 atom stereocenters. The van der Waals surface area contributed by atoms with Crippen LogP contribution in [0.25, 0.3) is 6.08 Å². The fourth-order valence-electron chi connectivity index (χ4n) is 2.36. The van der Waals surface area contributed by atoms with E-state index in [1.54, 1.807) is 48.5 Å². The molecule has 0 fully saturated rings. The number of esters is 1. The molecule has 0 saturated carbocycles. The normalized spacial score (nSPS) is 10.8. The molecule has 0 aliphatic carbocycles. The number of anilines is 1. The number of nitrogens with one attached hydrogen (secondary N) is 1. The summed E-state index contributed by atoms with van der Waals surface area (Å²) >= 11 is 5.83. The summed E-state index contributed by atoms with van der Waals surface area (Å²) in [4.78, 5) is 24.3. The van der Waals surface area contributed by atoms with Crippen LogP contribution in [0.3, 0.4) is 0 Å². The van der Waals surface area contributed by atoms with E-state index in [1.165, 1.54) is 6.08 Å². The van der Waals surface area contributed by atoms with Crippen molar-refractivity contribution >= 4 is 35.2 Å². The molecule has 1 amide bonds. The number of carbonyl (C=O) groups is 2. The lowest BCUT2D eigenvalue weighted by Crippen LogP contribution is -2.13. The van der Waals surface area contributed by atoms with E-state index in [-0.39, 0.29) is 5.57 Å². The van der Waals surface area contributed by atoms with Crippen LogP contribution in [-0.4, -0.2) is 18.5 Å². The van der Waals surface area contributed by atoms with E-state index in [0.717, 1.165) is 19.3 Å². The number of unbranched alkanes of at least 4 members (excludes halogenated alkanes) is 2. The molecule has 0 spiro atoms. The van der Waals surface area contributed by atoms with Gasteiger partial charge in [0, 0.05) is 10.7 Å². The average Bonchev–Trinajstić information content (AvgIpc) is 2.71. The lowest BCUT2D eigenvalue weighted by Gasteiger charge is -2.07. The second-order valence-electron chi connectivity index (χ2n) is 6.10. The maximum Gasteiger partial charge on any atom is 0.338 e. The molecule has 0 bridgehead atoms. The number of hydrogen-bond donors (Lipinski definition) is 1. The van der Waals surface area contributed by atoms with Crippen molar-refractivity contribution in [3.05, 3.63) is 70.3 Å². The van der Waals surface area contributed by atoms with E-state index >= 15 is 0 Å². The second-order valence-corrected chi connectivity index (χ2v) is 6.53. The Labute approximate surface area is 169 Å². The van der Waals surface area contributed by atoms with E-state index in [4.69, 9.17) is 16.3 Å². The van der Waals surface area contributed by atoms with Crippen LogP contribution in [0, 0.1) is 11.3 Å². The number of nitriles is 1. The van der Waals surface area contributed by atoms with Crippen molar-refractivity contribution in [3.63, 3.8) is 0 Å². The number of nitrogens with zero attached hydrogens (tertiary/aromatic N) is 1. The van der Waals surface area contributed by atoms with Crippen LogP contribution >= 0.6 is 11.6 Å². The standard InChI is InChI=1S/C22H21ClN2O3/c1-2-3-4-13-28-22(27)17-7-11-20(12-8-17)25-21(26)18(15-24)14-16-5-9-19(23)10-6-16/h5-12,14H,2-4,13H2,1H3,(H,25,26)/b18-14+. The molecule has 0 saturated heterocycles. The maximum absolute atomic E-state index is 12.3. The monoisotopic (exact) mass is 396 g/mol. The molecule has 0 heterocycles. The summed E-state index contributed by atoms with van der Waals surface area (Å²) in [6, 6.07) is 15.0. The number of halogens is 1. The van der Waals surface area contributed by atoms with Crippen LogP contribution in [0.1, 0.15) is 42.1 Å². The molecule has 28 heavy (non-hydrogen) atoms. The van der Waals surface area contributed by atoms with Gasteiger partial charge in [-0.3, -0.25) is 4.79 Å². The third kappa shape index (κ3) is 6.57. The SMILES string of the molecule is CCCCCOC(=O)c1ccc(NC(=O)/C(C#N)=C/c2ccc(Cl)cc2)cc1. The lowest BCUT2D eigenvalue weighted by atomic mass is 10.1. The molecule has 0 radical (unpaired) electrons. The quantitative estimate of drug-likeness (QED) is 0.286. The molecule has 1 N–H and O–H groups in total. The Hall–Kier alpha value is -3.10. The maximum atomic E-state index is 12.3. The highest BCUT2D eigenvalue weighted by atomic mass is 35.5. The molecule has 5 nitrogen and oxygen atoms in total. The van der Waals surface area contributed by atoms with Crippen LogP contribution in [0.5, 0.6) is 0 Å². The van der Waals surface area contributed by atoms with Gasteiger partial charge in [-0.15, -0.1) is 0 Å². The molecular weight excluding hydrogens is 376 g/mol. The minimum atomic E-state index is -0.535. The van der Waals surface area contributed by atoms with E-state index in [1.807, 2.05) is 6.07 Å². The Balaban J connectivity index is 1.98. The predicted octanol–water partition coefficient (Wildman–Crippen LogP) is 5.23. The summed E-state index contributed by atoms with van der Waals surface area (Å²) in [5.41, 5.74) is 1.54. The minimum absolute atomic E-state index is 0.0401. The van der Waals surface area contributed by atoms with E-state index in [0.29, 0.717) is 28.4 Å². The van der Waals surface area contributed by atoms with Crippen molar-refractivity contribution in [2.24, 2.45) is 0 Å². The Bertz CT molecular complexity index is 881. The van der Waals surface area contributed by atoms with Gasteiger partial charge in [-0.05, 0) is 54.5 Å². The van der Waals surface area contributed by atoms with Gasteiger partial charge in [-0.1, -0.05) is 43.5 Å². The van der Waals surface area contributed by atoms with Crippen molar-refractivity contribution < 1.29 is 14.3 Å². The fraction of sp³-hybridized carbons (Fsp3) is 0.227. The molecule has 2 rings (SSSR count). The topological polar surface area (TPSA) is 79.2 Å². The molecule has 2 aromatic carbocycles. The summed E-state index contributed by atoms with van der Waals surface area (Å²) in [6.45, 7) is 2.48. The number of rotatable bonds is 8. The van der Waals surface area contributed by atoms with Crippen molar-refractivity contribution in [3.8, 4) is 6.07 Å². The third-order valence-electron chi connectivity index (χ3n) is 3.91. The lowest BCUT2D eigenvalue weighted by molar-refractivity contribution is -0.112. The highest BCUT2D eigenvalue weighted by Crippen LogP contribution is 2.15. The van der Waals surface area contributed by atoms with Crippen molar-refractivity contribution in [1.29, 1.82) is 5.26 Å². The first-order chi connectivity index (χ1) is 13.5. The predicted molar refractivity (Wildman–Crippen MR) is 110 cm³/mol. The van der Waals surface area contributed by atoms with Crippen LogP contribution in [0.2, 0.25) is 5.02 Å². The first kappa shape index (κ1) is 21.2. The van der Waals surface area contributed by atoms with E-state index in [9.17, 15) is 14.9 Å². The molecule has 0 aliphatic rings. The first-order valence-corrected chi connectivity index (χ1v) is 9.37. The zero-order valence-corrected chi connectivity index (χ0v) is 16.3. The highest BCUT2D eigenvalue weighted by Gasteiger charge is 2.11. The van der Waals surface area contributed by atoms with Gasteiger partial charge in [-0.2, -0.15) is 5.26 Å². The zero-order chi connectivity index (χ0) is 20.4. The van der Waals surface area contributed by atoms with Gasteiger partial charge in [0.15, 0.2) is 0 Å². The minimum Gasteiger partial charge on any atom is -0.462 e.